The summed E-state index contributed by atoms with van der Waals surface area (Å²) in [5.74, 6) is 0. The molecule has 0 saturated carbocycles. The van der Waals surface area contributed by atoms with Crippen molar-refractivity contribution in [1.29, 1.82) is 0 Å². The Balaban J connectivity index is 1.41. The van der Waals surface area contributed by atoms with Crippen molar-refractivity contribution in [2.75, 3.05) is 19.4 Å². The topological polar surface area (TPSA) is 44.3 Å². The highest BCUT2D eigenvalue weighted by molar-refractivity contribution is 7.53. The van der Waals surface area contributed by atoms with Crippen molar-refractivity contribution in [2.24, 2.45) is 0 Å². The Labute approximate surface area is 224 Å². The van der Waals surface area contributed by atoms with Crippen LogP contribution in [-0.2, 0) is 26.7 Å². The van der Waals surface area contributed by atoms with Gasteiger partial charge in [-0.1, -0.05) is 48.6 Å². The van der Waals surface area contributed by atoms with Gasteiger partial charge < -0.3 is 13.6 Å². The number of pyridine rings is 1. The molecule has 5 rings (SSSR count). The molecule has 0 radical (unpaired) electrons. The number of nitrogens with zero attached hydrogens (tertiary/aromatic N) is 2. The monoisotopic (exact) mass is 527 g/mol. The van der Waals surface area contributed by atoms with Gasteiger partial charge in [0.2, 0.25) is 5.52 Å². The van der Waals surface area contributed by atoms with Gasteiger partial charge in [0.1, 0.15) is 6.54 Å². The normalized spacial score (nSPS) is 12.4. The predicted molar refractivity (Wildman–Crippen MR) is 159 cm³/mol. The molecule has 0 amide bonds. The van der Waals surface area contributed by atoms with E-state index in [0.29, 0.717) is 25.8 Å². The average Bonchev–Trinajstić information content (AvgIpc) is 3.25. The molecular formula is C32H36N2O3P+. The second-order valence-corrected chi connectivity index (χ2v) is 11.6. The van der Waals surface area contributed by atoms with Gasteiger partial charge in [0.05, 0.1) is 24.8 Å². The summed E-state index contributed by atoms with van der Waals surface area (Å²) < 4.78 is 28.4. The van der Waals surface area contributed by atoms with E-state index >= 15 is 0 Å². The molecule has 6 heteroatoms. The molecule has 0 unspecified atom stereocenters. The van der Waals surface area contributed by atoms with Crippen molar-refractivity contribution >= 4 is 52.5 Å². The van der Waals surface area contributed by atoms with E-state index in [1.165, 1.54) is 38.3 Å². The summed E-state index contributed by atoms with van der Waals surface area (Å²) in [5.41, 5.74) is 6.06. The predicted octanol–water partition coefficient (Wildman–Crippen LogP) is 8.08. The molecule has 0 bridgehead atoms. The van der Waals surface area contributed by atoms with Crippen LogP contribution in [0.3, 0.4) is 0 Å². The van der Waals surface area contributed by atoms with E-state index in [1.54, 1.807) is 0 Å². The third kappa shape index (κ3) is 5.33. The molecule has 0 aliphatic rings. The third-order valence-electron chi connectivity index (χ3n) is 7.01. The van der Waals surface area contributed by atoms with E-state index in [0.717, 1.165) is 18.6 Å². The van der Waals surface area contributed by atoms with E-state index in [9.17, 15) is 4.57 Å². The van der Waals surface area contributed by atoms with Gasteiger partial charge >= 0.3 is 7.60 Å². The SMILES string of the molecule is CCOP(=O)(CCC[n+]1ccc(/C=C/c2ccc3c(c2)c2ccccc2n3CC)c2ccccc21)OCC. The highest BCUT2D eigenvalue weighted by Crippen LogP contribution is 2.48. The number of fused-ring (bicyclic) bond motifs is 4. The lowest BCUT2D eigenvalue weighted by Crippen LogP contribution is -2.34. The molecule has 0 fully saturated rings. The van der Waals surface area contributed by atoms with Crippen molar-refractivity contribution in [3.8, 4) is 0 Å². The van der Waals surface area contributed by atoms with Crippen LogP contribution in [0.4, 0.5) is 0 Å². The Morgan fingerprint density at radius 3 is 2.29 bits per heavy atom. The molecule has 2 aromatic heterocycles. The summed E-state index contributed by atoms with van der Waals surface area (Å²) in [6, 6.07) is 26.0. The zero-order valence-corrected chi connectivity index (χ0v) is 23.4. The molecule has 0 N–H and O–H groups in total. The fourth-order valence-corrected chi connectivity index (χ4v) is 6.99. The first-order valence-corrected chi connectivity index (χ1v) is 15.3. The van der Waals surface area contributed by atoms with E-state index in [2.05, 4.69) is 107 Å². The van der Waals surface area contributed by atoms with Crippen LogP contribution in [0.25, 0.3) is 44.9 Å². The van der Waals surface area contributed by atoms with Crippen LogP contribution >= 0.6 is 7.60 Å². The minimum Gasteiger partial charge on any atom is -0.341 e. The van der Waals surface area contributed by atoms with Crippen LogP contribution < -0.4 is 4.57 Å². The molecule has 2 heterocycles. The Morgan fingerprint density at radius 1 is 0.816 bits per heavy atom. The maximum absolute atomic E-state index is 12.8. The van der Waals surface area contributed by atoms with Crippen molar-refractivity contribution in [3.63, 3.8) is 0 Å². The highest BCUT2D eigenvalue weighted by atomic mass is 31.2. The standard InChI is InChI=1S/C32H36N2O3P/c1-4-34-31-15-10-8-13-28(31)29-24-25(17-19-32(29)34)16-18-26-20-22-33(30-14-9-7-12-27(26)30)21-11-23-38(35,36-5-2)37-6-3/h7-10,12-20,22,24H,4-6,11,21,23H2,1-3H3/q+1. The first kappa shape index (κ1) is 26.4. The molecular weight excluding hydrogens is 491 g/mol. The van der Waals surface area contributed by atoms with Gasteiger partial charge in [-0.3, -0.25) is 4.57 Å². The Morgan fingerprint density at radius 2 is 1.53 bits per heavy atom. The summed E-state index contributed by atoms with van der Waals surface area (Å²) in [5, 5.41) is 3.77. The third-order valence-corrected chi connectivity index (χ3v) is 9.18. The van der Waals surface area contributed by atoms with E-state index < -0.39 is 7.60 Å². The van der Waals surface area contributed by atoms with Gasteiger partial charge in [0.15, 0.2) is 6.20 Å². The minimum atomic E-state index is -3.03. The van der Waals surface area contributed by atoms with Gasteiger partial charge in [0.25, 0.3) is 0 Å². The lowest BCUT2D eigenvalue weighted by molar-refractivity contribution is -0.671. The van der Waals surface area contributed by atoms with Crippen LogP contribution in [0.2, 0.25) is 0 Å². The first-order chi connectivity index (χ1) is 18.6. The average molecular weight is 528 g/mol. The van der Waals surface area contributed by atoms with Gasteiger partial charge in [-0.2, -0.15) is 4.57 Å². The Bertz CT molecular complexity index is 1640. The second kappa shape index (κ2) is 11.7. The number of rotatable bonds is 11. The number of hydrogen-bond donors (Lipinski definition) is 0. The summed E-state index contributed by atoms with van der Waals surface area (Å²) in [7, 11) is -3.03. The molecule has 3 aromatic carbocycles. The van der Waals surface area contributed by atoms with Gasteiger partial charge in [-0.15, -0.1) is 0 Å². The van der Waals surface area contributed by atoms with Gasteiger partial charge in [-0.05, 0) is 56.2 Å². The molecule has 0 atom stereocenters. The van der Waals surface area contributed by atoms with Crippen molar-refractivity contribution in [3.05, 3.63) is 90.1 Å². The molecule has 0 aliphatic carbocycles. The van der Waals surface area contributed by atoms with Crippen molar-refractivity contribution < 1.29 is 18.2 Å². The summed E-state index contributed by atoms with van der Waals surface area (Å²) in [6.07, 6.45) is 7.64. The fourth-order valence-electron chi connectivity index (χ4n) is 5.34. The van der Waals surface area contributed by atoms with E-state index in [-0.39, 0.29) is 0 Å². The second-order valence-electron chi connectivity index (χ2n) is 9.38. The Kier molecular flexibility index (Phi) is 8.09. The van der Waals surface area contributed by atoms with Crippen LogP contribution in [0.1, 0.15) is 38.3 Å². The quantitative estimate of drug-likeness (QED) is 0.129. The van der Waals surface area contributed by atoms with E-state index in [1.807, 2.05) is 13.8 Å². The fraction of sp³-hybridized carbons (Fsp3) is 0.281. The lowest BCUT2D eigenvalue weighted by atomic mass is 10.1. The molecule has 0 aliphatic heterocycles. The highest BCUT2D eigenvalue weighted by Gasteiger charge is 2.24. The maximum atomic E-state index is 12.8. The molecule has 38 heavy (non-hydrogen) atoms. The maximum Gasteiger partial charge on any atom is 0.330 e. The van der Waals surface area contributed by atoms with Crippen molar-refractivity contribution in [1.82, 2.24) is 4.57 Å². The number of aryl methyl sites for hydroxylation is 2. The Hall–Kier alpha value is -3.24. The number of benzene rings is 3. The smallest absolute Gasteiger partial charge is 0.330 e. The van der Waals surface area contributed by atoms with Crippen LogP contribution in [-0.4, -0.2) is 23.9 Å². The van der Waals surface area contributed by atoms with Crippen LogP contribution in [0.15, 0.2) is 79.0 Å². The zero-order chi connectivity index (χ0) is 26.5. The van der Waals surface area contributed by atoms with Crippen LogP contribution in [0, 0.1) is 0 Å². The number of aromatic nitrogens is 2. The molecule has 5 aromatic rings. The lowest BCUT2D eigenvalue weighted by Gasteiger charge is -2.16. The molecule has 0 saturated heterocycles. The summed E-state index contributed by atoms with van der Waals surface area (Å²) >= 11 is 0. The summed E-state index contributed by atoms with van der Waals surface area (Å²) in [4.78, 5) is 0. The van der Waals surface area contributed by atoms with Gasteiger partial charge in [0, 0.05) is 46.9 Å². The van der Waals surface area contributed by atoms with E-state index in [4.69, 9.17) is 9.05 Å². The summed E-state index contributed by atoms with van der Waals surface area (Å²) in [6.45, 7) is 8.37. The first-order valence-electron chi connectivity index (χ1n) is 13.5. The van der Waals surface area contributed by atoms with Crippen LogP contribution in [0.5, 0.6) is 0 Å². The minimum absolute atomic E-state index is 0.391. The molecule has 5 nitrogen and oxygen atoms in total. The molecule has 0 spiro atoms. The number of hydrogen-bond acceptors (Lipinski definition) is 3. The van der Waals surface area contributed by atoms with Gasteiger partial charge in [-0.25, -0.2) is 0 Å². The zero-order valence-electron chi connectivity index (χ0n) is 22.5. The molecule has 196 valence electrons. The number of para-hydroxylation sites is 2. The largest absolute Gasteiger partial charge is 0.341 e. The van der Waals surface area contributed by atoms with Crippen molar-refractivity contribution in [2.45, 2.75) is 40.3 Å².